The van der Waals surface area contributed by atoms with Crippen LogP contribution < -0.4 is 0 Å². The smallest absolute Gasteiger partial charge is 0.151 e. The molecule has 0 aliphatic heterocycles. The summed E-state index contributed by atoms with van der Waals surface area (Å²) in [7, 11) is 0. The molecule has 12 heavy (non-hydrogen) atoms. The van der Waals surface area contributed by atoms with Crippen molar-refractivity contribution in [2.45, 2.75) is 24.4 Å². The van der Waals surface area contributed by atoms with Crippen molar-refractivity contribution in [2.75, 3.05) is 6.61 Å². The Morgan fingerprint density at radius 2 is 1.58 bits per heavy atom. The average Bonchev–Trinajstić information content (AvgIpc) is 2.12. The zero-order valence-electron chi connectivity index (χ0n) is 6.24. The van der Waals surface area contributed by atoms with Crippen molar-refractivity contribution in [1.29, 1.82) is 0 Å². The number of hydrogen-bond acceptors (Lipinski definition) is 6. The SMILES string of the molecule is O=CC(O)[C@@H](O)[C@@H](O)[C@H](O)CO. The first-order valence-electron chi connectivity index (χ1n) is 3.33. The molecule has 0 rings (SSSR count). The summed E-state index contributed by atoms with van der Waals surface area (Å²) in [6.07, 6.45) is -6.84. The van der Waals surface area contributed by atoms with Crippen LogP contribution in [0.2, 0.25) is 0 Å². The van der Waals surface area contributed by atoms with Gasteiger partial charge < -0.3 is 30.3 Å². The fourth-order valence-electron chi connectivity index (χ4n) is 0.618. The Labute approximate surface area is 68.7 Å². The number of carbonyl (C=O) groups excluding carboxylic acids is 1. The molecule has 0 fully saturated rings. The third kappa shape index (κ3) is 2.84. The van der Waals surface area contributed by atoms with Crippen LogP contribution in [0.3, 0.4) is 0 Å². The van der Waals surface area contributed by atoms with Crippen LogP contribution in [0.4, 0.5) is 0 Å². The second kappa shape index (κ2) is 5.18. The third-order valence-corrected chi connectivity index (χ3v) is 1.42. The van der Waals surface area contributed by atoms with Gasteiger partial charge in [0.1, 0.15) is 24.4 Å². The molecule has 0 saturated heterocycles. The van der Waals surface area contributed by atoms with Crippen molar-refractivity contribution >= 4 is 6.29 Å². The third-order valence-electron chi connectivity index (χ3n) is 1.42. The molecule has 0 saturated carbocycles. The quantitative estimate of drug-likeness (QED) is 0.282. The standard InChI is InChI=1S/C6H12O6/c7-1-3(9)5(11)6(12)4(10)2-8/h1,3-6,8-12H,2H2/t3?,4-,5-,6+/m1/s1. The molecule has 6 heteroatoms. The molecule has 0 amide bonds. The highest BCUT2D eigenvalue weighted by atomic mass is 16.4. The second-order valence-corrected chi connectivity index (χ2v) is 2.36. The number of hydrogen-bond donors (Lipinski definition) is 5. The van der Waals surface area contributed by atoms with Crippen molar-refractivity contribution in [3.63, 3.8) is 0 Å². The Morgan fingerprint density at radius 3 is 1.92 bits per heavy atom. The van der Waals surface area contributed by atoms with Gasteiger partial charge in [0.2, 0.25) is 0 Å². The maximum absolute atomic E-state index is 9.90. The summed E-state index contributed by atoms with van der Waals surface area (Å²) in [6.45, 7) is -0.760. The van der Waals surface area contributed by atoms with Crippen LogP contribution >= 0.6 is 0 Å². The molecular weight excluding hydrogens is 168 g/mol. The van der Waals surface area contributed by atoms with Gasteiger partial charge in [0.15, 0.2) is 6.29 Å². The average molecular weight is 180 g/mol. The Kier molecular flexibility index (Phi) is 4.95. The number of aliphatic hydroxyl groups is 5. The molecule has 4 atom stereocenters. The summed E-state index contributed by atoms with van der Waals surface area (Å²) in [6, 6.07) is 0. The summed E-state index contributed by atoms with van der Waals surface area (Å²) >= 11 is 0. The van der Waals surface area contributed by atoms with Gasteiger partial charge in [0.25, 0.3) is 0 Å². The highest BCUT2D eigenvalue weighted by Gasteiger charge is 2.29. The normalized spacial score (nSPS) is 21.1. The van der Waals surface area contributed by atoms with Gasteiger partial charge in [-0.3, -0.25) is 0 Å². The highest BCUT2D eigenvalue weighted by molar-refractivity contribution is 5.56. The fourth-order valence-corrected chi connectivity index (χ4v) is 0.618. The molecule has 0 aliphatic carbocycles. The lowest BCUT2D eigenvalue weighted by molar-refractivity contribution is -0.136. The first kappa shape index (κ1) is 11.5. The molecule has 0 heterocycles. The van der Waals surface area contributed by atoms with Gasteiger partial charge in [-0.15, -0.1) is 0 Å². The van der Waals surface area contributed by atoms with Crippen molar-refractivity contribution in [2.24, 2.45) is 0 Å². The van der Waals surface area contributed by atoms with Crippen molar-refractivity contribution in [1.82, 2.24) is 0 Å². The highest BCUT2D eigenvalue weighted by Crippen LogP contribution is 2.02. The fraction of sp³-hybridized carbons (Fsp3) is 0.833. The van der Waals surface area contributed by atoms with Crippen LogP contribution in [-0.2, 0) is 4.79 Å². The van der Waals surface area contributed by atoms with E-state index in [9.17, 15) is 4.79 Å². The van der Waals surface area contributed by atoms with E-state index in [1.165, 1.54) is 0 Å². The van der Waals surface area contributed by atoms with Gasteiger partial charge in [-0.2, -0.15) is 0 Å². The summed E-state index contributed by atoms with van der Waals surface area (Å²) < 4.78 is 0. The Morgan fingerprint density at radius 1 is 1.08 bits per heavy atom. The molecule has 6 nitrogen and oxygen atoms in total. The molecule has 0 aromatic rings. The Bertz CT molecular complexity index is 138. The van der Waals surface area contributed by atoms with E-state index < -0.39 is 31.0 Å². The maximum atomic E-state index is 9.90. The first-order valence-corrected chi connectivity index (χ1v) is 3.33. The molecular formula is C6H12O6. The molecule has 72 valence electrons. The van der Waals surface area contributed by atoms with Crippen molar-refractivity contribution in [3.05, 3.63) is 0 Å². The van der Waals surface area contributed by atoms with Gasteiger partial charge >= 0.3 is 0 Å². The molecule has 0 aliphatic rings. The maximum Gasteiger partial charge on any atom is 0.151 e. The molecule has 5 N–H and O–H groups in total. The predicted molar refractivity (Wildman–Crippen MR) is 37.2 cm³/mol. The lowest BCUT2D eigenvalue weighted by Gasteiger charge is -2.22. The minimum atomic E-state index is -1.79. The Balaban J connectivity index is 4.07. The number of aldehydes is 1. The summed E-state index contributed by atoms with van der Waals surface area (Å²) in [5, 5.41) is 43.5. The van der Waals surface area contributed by atoms with Crippen molar-refractivity contribution in [3.8, 4) is 0 Å². The van der Waals surface area contributed by atoms with Crippen molar-refractivity contribution < 1.29 is 30.3 Å². The van der Waals surface area contributed by atoms with E-state index >= 15 is 0 Å². The van der Waals surface area contributed by atoms with E-state index in [-0.39, 0.29) is 6.29 Å². The zero-order chi connectivity index (χ0) is 9.72. The van der Waals surface area contributed by atoms with Gasteiger partial charge in [-0.05, 0) is 0 Å². The molecule has 0 aromatic carbocycles. The number of aliphatic hydroxyl groups excluding tert-OH is 5. The van der Waals surface area contributed by atoms with Gasteiger partial charge in [-0.1, -0.05) is 0 Å². The molecule has 0 bridgehead atoms. The zero-order valence-corrected chi connectivity index (χ0v) is 6.24. The van der Waals surface area contributed by atoms with Crippen LogP contribution in [-0.4, -0.2) is 62.8 Å². The van der Waals surface area contributed by atoms with E-state index in [1.807, 2.05) is 0 Å². The van der Waals surface area contributed by atoms with Crippen LogP contribution in [0.5, 0.6) is 0 Å². The number of carbonyl (C=O) groups is 1. The van der Waals surface area contributed by atoms with Gasteiger partial charge in [-0.25, -0.2) is 0 Å². The molecule has 0 radical (unpaired) electrons. The van der Waals surface area contributed by atoms with Crippen LogP contribution in [0.25, 0.3) is 0 Å². The number of rotatable bonds is 5. The lowest BCUT2D eigenvalue weighted by atomic mass is 10.0. The predicted octanol–water partition coefficient (Wildman–Crippen LogP) is -3.38. The second-order valence-electron chi connectivity index (χ2n) is 2.36. The molecule has 0 aromatic heterocycles. The summed E-state index contributed by atoms with van der Waals surface area (Å²) in [5.41, 5.74) is 0. The topological polar surface area (TPSA) is 118 Å². The minimum Gasteiger partial charge on any atom is -0.394 e. The van der Waals surface area contributed by atoms with Crippen LogP contribution in [0.1, 0.15) is 0 Å². The van der Waals surface area contributed by atoms with E-state index in [0.29, 0.717) is 0 Å². The summed E-state index contributed by atoms with van der Waals surface area (Å²) in [5.74, 6) is 0. The van der Waals surface area contributed by atoms with E-state index in [2.05, 4.69) is 0 Å². The monoisotopic (exact) mass is 180 g/mol. The van der Waals surface area contributed by atoms with E-state index in [0.717, 1.165) is 0 Å². The minimum absolute atomic E-state index is 0.0258. The molecule has 1 unspecified atom stereocenters. The van der Waals surface area contributed by atoms with Crippen LogP contribution in [0, 0.1) is 0 Å². The van der Waals surface area contributed by atoms with Gasteiger partial charge in [0, 0.05) is 0 Å². The van der Waals surface area contributed by atoms with E-state index in [4.69, 9.17) is 25.5 Å². The Hall–Kier alpha value is -0.530. The molecule has 0 spiro atoms. The van der Waals surface area contributed by atoms with Gasteiger partial charge in [0.05, 0.1) is 6.61 Å². The lowest BCUT2D eigenvalue weighted by Crippen LogP contribution is -2.46. The first-order chi connectivity index (χ1) is 5.54. The summed E-state index contributed by atoms with van der Waals surface area (Å²) in [4.78, 5) is 9.90. The van der Waals surface area contributed by atoms with Crippen LogP contribution in [0.15, 0.2) is 0 Å². The van der Waals surface area contributed by atoms with E-state index in [1.54, 1.807) is 0 Å². The largest absolute Gasteiger partial charge is 0.394 e.